The molecule has 1 aromatic carbocycles. The molecule has 4 N–H and O–H groups in total. The number of nitrogens with two attached hydrogens (primary N) is 1. The number of nitrogens with one attached hydrogen (secondary N) is 2. The normalized spacial score (nSPS) is 10.0. The quantitative estimate of drug-likeness (QED) is 0.288. The van der Waals surface area contributed by atoms with Gasteiger partial charge in [-0.05, 0) is 38.0 Å². The summed E-state index contributed by atoms with van der Waals surface area (Å²) in [7, 11) is 0. The van der Waals surface area contributed by atoms with Crippen molar-refractivity contribution in [2.75, 3.05) is 5.01 Å². The molecule has 0 saturated carbocycles. The molecule has 0 aromatic heterocycles. The van der Waals surface area contributed by atoms with Crippen LogP contribution < -0.4 is 16.4 Å². The highest BCUT2D eigenvalue weighted by molar-refractivity contribution is 5.93. The summed E-state index contributed by atoms with van der Waals surface area (Å²) in [6.45, 7) is 5.68. The summed E-state index contributed by atoms with van der Waals surface area (Å²) in [4.78, 5) is 0. The van der Waals surface area contributed by atoms with Gasteiger partial charge >= 0.3 is 0 Å². The molecule has 0 bridgehead atoms. The van der Waals surface area contributed by atoms with E-state index in [1.807, 2.05) is 32.0 Å². The van der Waals surface area contributed by atoms with Crippen molar-refractivity contribution in [3.8, 4) is 0 Å². The van der Waals surface area contributed by atoms with Crippen LogP contribution in [0, 0.1) is 19.3 Å². The third-order valence-electron chi connectivity index (χ3n) is 2.07. The zero-order valence-electron chi connectivity index (χ0n) is 8.76. The van der Waals surface area contributed by atoms with E-state index in [9.17, 15) is 0 Å². The van der Waals surface area contributed by atoms with Gasteiger partial charge in [-0.15, -0.1) is 0 Å². The fraction of sp³-hybridized carbons (Fsp3) is 0.300. The van der Waals surface area contributed by atoms with E-state index in [0.29, 0.717) is 5.84 Å². The lowest BCUT2D eigenvalue weighted by atomic mass is 10.1. The summed E-state index contributed by atoms with van der Waals surface area (Å²) in [6, 6.07) is 6.04. The molecule has 1 rings (SSSR count). The Balaban J connectivity index is 3.15. The number of benzene rings is 1. The highest BCUT2D eigenvalue weighted by Gasteiger charge is 2.09. The summed E-state index contributed by atoms with van der Waals surface area (Å²) in [6.07, 6.45) is 0. The van der Waals surface area contributed by atoms with Crippen molar-refractivity contribution in [2.45, 2.75) is 20.8 Å². The average molecular weight is 192 g/mol. The molecule has 0 aliphatic heterocycles. The predicted octanol–water partition coefficient (Wildman–Crippen LogP) is 1.49. The van der Waals surface area contributed by atoms with E-state index >= 15 is 0 Å². The maximum Gasteiger partial charge on any atom is 0.113 e. The molecule has 1 aromatic rings. The zero-order valence-corrected chi connectivity index (χ0v) is 8.76. The Hall–Kier alpha value is -1.39. The number of hydrogen-bond acceptors (Lipinski definition) is 3. The molecule has 0 atom stereocenters. The Morgan fingerprint density at radius 3 is 2.57 bits per heavy atom. The lowest BCUT2D eigenvalue weighted by Gasteiger charge is -2.23. The van der Waals surface area contributed by atoms with E-state index in [1.165, 1.54) is 0 Å². The molecule has 0 aliphatic rings. The van der Waals surface area contributed by atoms with Crippen LogP contribution in [0.2, 0.25) is 0 Å². The Kier molecular flexibility index (Phi) is 3.22. The Labute approximate surface area is 84.2 Å². The maximum absolute atomic E-state index is 7.54. The molecule has 4 heteroatoms. The van der Waals surface area contributed by atoms with Crippen LogP contribution in [-0.4, -0.2) is 5.84 Å². The van der Waals surface area contributed by atoms with Crippen molar-refractivity contribution in [1.82, 2.24) is 5.53 Å². The Bertz CT molecular complexity index is 346. The van der Waals surface area contributed by atoms with Crippen LogP contribution >= 0.6 is 0 Å². The standard InChI is InChI=1S/C10H16N4/c1-7-4-5-8(2)10(6-7)14(13-12)9(3)11/h4-6,11,13H,12H2,1-3H3. The van der Waals surface area contributed by atoms with Gasteiger partial charge in [0.25, 0.3) is 0 Å². The molecule has 0 fully saturated rings. The van der Waals surface area contributed by atoms with E-state index in [2.05, 4.69) is 5.53 Å². The number of amidine groups is 1. The van der Waals surface area contributed by atoms with Gasteiger partial charge < -0.3 is 0 Å². The maximum atomic E-state index is 7.54. The zero-order chi connectivity index (χ0) is 10.7. The number of hydrazine groups is 2. The number of rotatable bonds is 2. The molecule has 0 spiro atoms. The van der Waals surface area contributed by atoms with E-state index in [1.54, 1.807) is 11.9 Å². The highest BCUT2D eigenvalue weighted by Crippen LogP contribution is 2.19. The second kappa shape index (κ2) is 4.21. The number of hydrogen-bond donors (Lipinski definition) is 3. The first kappa shape index (κ1) is 10.7. The second-order valence-electron chi connectivity index (χ2n) is 3.34. The van der Waals surface area contributed by atoms with Gasteiger partial charge in [0.05, 0.1) is 5.69 Å². The predicted molar refractivity (Wildman–Crippen MR) is 59.1 cm³/mol. The molecule has 14 heavy (non-hydrogen) atoms. The highest BCUT2D eigenvalue weighted by atomic mass is 15.6. The molecule has 0 radical (unpaired) electrons. The largest absolute Gasteiger partial charge is 0.287 e. The Morgan fingerprint density at radius 2 is 2.07 bits per heavy atom. The van der Waals surface area contributed by atoms with E-state index < -0.39 is 0 Å². The SMILES string of the molecule is CC(=N)N(NN)c1cc(C)ccc1C. The van der Waals surface area contributed by atoms with Gasteiger partial charge in [-0.25, -0.2) is 0 Å². The van der Waals surface area contributed by atoms with E-state index in [4.69, 9.17) is 11.3 Å². The van der Waals surface area contributed by atoms with Crippen LogP contribution in [0.5, 0.6) is 0 Å². The van der Waals surface area contributed by atoms with Gasteiger partial charge in [0, 0.05) is 0 Å². The fourth-order valence-electron chi connectivity index (χ4n) is 1.31. The van der Waals surface area contributed by atoms with E-state index in [0.717, 1.165) is 16.8 Å². The molecule has 0 amide bonds. The average Bonchev–Trinajstić information content (AvgIpc) is 2.11. The van der Waals surface area contributed by atoms with Gasteiger partial charge in [0.2, 0.25) is 0 Å². The minimum absolute atomic E-state index is 0.362. The van der Waals surface area contributed by atoms with Crippen LogP contribution in [0.15, 0.2) is 18.2 Å². The number of anilines is 1. The first-order chi connectivity index (χ1) is 6.56. The minimum atomic E-state index is 0.362. The van der Waals surface area contributed by atoms with Crippen molar-refractivity contribution >= 4 is 11.5 Å². The minimum Gasteiger partial charge on any atom is -0.287 e. The summed E-state index contributed by atoms with van der Waals surface area (Å²) in [5.74, 6) is 5.72. The van der Waals surface area contributed by atoms with Crippen molar-refractivity contribution in [3.63, 3.8) is 0 Å². The molecule has 0 heterocycles. The summed E-state index contributed by atoms with van der Waals surface area (Å²) in [5.41, 5.74) is 5.64. The summed E-state index contributed by atoms with van der Waals surface area (Å²) < 4.78 is 0. The molecule has 0 unspecified atom stereocenters. The molecular weight excluding hydrogens is 176 g/mol. The van der Waals surface area contributed by atoms with Crippen LogP contribution in [0.4, 0.5) is 5.69 Å². The molecule has 76 valence electrons. The van der Waals surface area contributed by atoms with Gasteiger partial charge in [-0.1, -0.05) is 12.1 Å². The second-order valence-corrected chi connectivity index (χ2v) is 3.34. The van der Waals surface area contributed by atoms with Crippen LogP contribution in [0.25, 0.3) is 0 Å². The lowest BCUT2D eigenvalue weighted by molar-refractivity contribution is 0.767. The third kappa shape index (κ3) is 2.10. The smallest absolute Gasteiger partial charge is 0.113 e. The molecular formula is C10H16N4. The van der Waals surface area contributed by atoms with Gasteiger partial charge in [0.1, 0.15) is 5.84 Å². The molecule has 0 saturated heterocycles. The van der Waals surface area contributed by atoms with Gasteiger partial charge in [-0.3, -0.25) is 16.3 Å². The van der Waals surface area contributed by atoms with Crippen molar-refractivity contribution in [3.05, 3.63) is 29.3 Å². The lowest BCUT2D eigenvalue weighted by Crippen LogP contribution is -2.46. The van der Waals surface area contributed by atoms with Crippen molar-refractivity contribution in [1.29, 1.82) is 5.41 Å². The van der Waals surface area contributed by atoms with E-state index in [-0.39, 0.29) is 0 Å². The van der Waals surface area contributed by atoms with Crippen molar-refractivity contribution < 1.29 is 0 Å². The monoisotopic (exact) mass is 192 g/mol. The fourth-order valence-corrected chi connectivity index (χ4v) is 1.31. The number of aryl methyl sites for hydroxylation is 2. The van der Waals surface area contributed by atoms with Crippen LogP contribution in [-0.2, 0) is 0 Å². The first-order valence-electron chi connectivity index (χ1n) is 4.45. The summed E-state index contributed by atoms with van der Waals surface area (Å²) in [5, 5.41) is 9.08. The molecule has 0 aliphatic carbocycles. The Morgan fingerprint density at radius 1 is 1.43 bits per heavy atom. The first-order valence-corrected chi connectivity index (χ1v) is 4.45. The van der Waals surface area contributed by atoms with Crippen LogP contribution in [0.3, 0.4) is 0 Å². The summed E-state index contributed by atoms with van der Waals surface area (Å²) >= 11 is 0. The van der Waals surface area contributed by atoms with Crippen LogP contribution in [0.1, 0.15) is 18.1 Å². The third-order valence-corrected chi connectivity index (χ3v) is 2.07. The number of nitrogens with zero attached hydrogens (tertiary/aromatic N) is 1. The molecule has 4 nitrogen and oxygen atoms in total. The topological polar surface area (TPSA) is 65.1 Å². The van der Waals surface area contributed by atoms with Gasteiger partial charge in [0.15, 0.2) is 0 Å². The van der Waals surface area contributed by atoms with Crippen molar-refractivity contribution in [2.24, 2.45) is 5.84 Å². The van der Waals surface area contributed by atoms with Gasteiger partial charge in [-0.2, -0.15) is 5.53 Å².